The van der Waals surface area contributed by atoms with Gasteiger partial charge >= 0.3 is 0 Å². The summed E-state index contributed by atoms with van der Waals surface area (Å²) in [5.74, 6) is 1.52. The number of nitrogens with two attached hydrogens (primary N) is 1. The molecule has 1 aliphatic rings. The molecule has 0 bridgehead atoms. The highest BCUT2D eigenvalue weighted by molar-refractivity contribution is 5.85. The molecule has 3 heterocycles. The van der Waals surface area contributed by atoms with Gasteiger partial charge in [-0.3, -0.25) is 4.68 Å². The van der Waals surface area contributed by atoms with Crippen LogP contribution in [0.2, 0.25) is 0 Å². The van der Waals surface area contributed by atoms with E-state index in [1.807, 2.05) is 49.0 Å². The van der Waals surface area contributed by atoms with E-state index in [-0.39, 0.29) is 18.4 Å². The van der Waals surface area contributed by atoms with E-state index in [4.69, 9.17) is 20.4 Å². The van der Waals surface area contributed by atoms with Gasteiger partial charge in [-0.05, 0) is 38.5 Å². The van der Waals surface area contributed by atoms with Crippen LogP contribution >= 0.6 is 12.4 Å². The van der Waals surface area contributed by atoms with Crippen molar-refractivity contribution in [2.24, 2.45) is 12.8 Å². The standard InChI is InChI=1S/C21H26N6O.ClH/c1-13-20(14(2)26(3)25-13)19-11-18(15-6-5-7-17(10-15)28-4)23-21(24-19)27-9-8-16(22)12-27;/h5-7,10-11,16H,8-9,12,22H2,1-4H3;1H. The van der Waals surface area contributed by atoms with Gasteiger partial charge in [0.05, 0.1) is 24.2 Å². The SMILES string of the molecule is COc1cccc(-c2cc(-c3c(C)nn(C)c3C)nc(N3CCC(N)C3)n2)c1.Cl. The lowest BCUT2D eigenvalue weighted by molar-refractivity contribution is 0.415. The van der Waals surface area contributed by atoms with Gasteiger partial charge in [0.15, 0.2) is 0 Å². The molecule has 0 radical (unpaired) electrons. The fourth-order valence-corrected chi connectivity index (χ4v) is 3.75. The molecule has 154 valence electrons. The number of methoxy groups -OCH3 is 1. The van der Waals surface area contributed by atoms with E-state index in [0.717, 1.165) is 59.2 Å². The van der Waals surface area contributed by atoms with Crippen molar-refractivity contribution in [2.45, 2.75) is 26.3 Å². The highest BCUT2D eigenvalue weighted by Crippen LogP contribution is 2.32. The Morgan fingerprint density at radius 3 is 2.52 bits per heavy atom. The van der Waals surface area contributed by atoms with Crippen molar-refractivity contribution in [3.8, 4) is 28.3 Å². The third kappa shape index (κ3) is 4.06. The molecular formula is C21H27ClN6O. The van der Waals surface area contributed by atoms with E-state index in [9.17, 15) is 0 Å². The number of rotatable bonds is 4. The van der Waals surface area contributed by atoms with Crippen LogP contribution in [-0.4, -0.2) is 46.0 Å². The van der Waals surface area contributed by atoms with Crippen LogP contribution in [0.5, 0.6) is 5.75 Å². The summed E-state index contributed by atoms with van der Waals surface area (Å²) < 4.78 is 7.29. The third-order valence-electron chi connectivity index (χ3n) is 5.35. The molecule has 0 spiro atoms. The molecule has 7 nitrogen and oxygen atoms in total. The number of nitrogens with zero attached hydrogens (tertiary/aromatic N) is 5. The van der Waals surface area contributed by atoms with Gasteiger partial charge in [0.25, 0.3) is 0 Å². The topological polar surface area (TPSA) is 82.1 Å². The third-order valence-corrected chi connectivity index (χ3v) is 5.35. The quantitative estimate of drug-likeness (QED) is 0.706. The van der Waals surface area contributed by atoms with Crippen LogP contribution in [0, 0.1) is 13.8 Å². The van der Waals surface area contributed by atoms with Gasteiger partial charge in [-0.2, -0.15) is 5.10 Å². The Kier molecular flexibility index (Phi) is 6.10. The molecule has 1 unspecified atom stereocenters. The molecule has 1 aromatic carbocycles. The van der Waals surface area contributed by atoms with Crippen LogP contribution in [0.3, 0.4) is 0 Å². The molecule has 2 N–H and O–H groups in total. The number of hydrogen-bond acceptors (Lipinski definition) is 6. The minimum absolute atomic E-state index is 0. The summed E-state index contributed by atoms with van der Waals surface area (Å²) in [5, 5.41) is 4.56. The number of ether oxygens (including phenoxy) is 1. The van der Waals surface area contributed by atoms with E-state index < -0.39 is 0 Å². The van der Waals surface area contributed by atoms with Crippen LogP contribution in [0.1, 0.15) is 17.8 Å². The smallest absolute Gasteiger partial charge is 0.226 e. The van der Waals surface area contributed by atoms with E-state index >= 15 is 0 Å². The lowest BCUT2D eigenvalue weighted by Crippen LogP contribution is -2.27. The summed E-state index contributed by atoms with van der Waals surface area (Å²) in [4.78, 5) is 11.9. The molecular weight excluding hydrogens is 388 g/mol. The normalized spacial score (nSPS) is 16.0. The summed E-state index contributed by atoms with van der Waals surface area (Å²) in [6.45, 7) is 5.72. The van der Waals surface area contributed by atoms with Crippen LogP contribution < -0.4 is 15.4 Å². The highest BCUT2D eigenvalue weighted by atomic mass is 35.5. The molecule has 1 saturated heterocycles. The largest absolute Gasteiger partial charge is 0.497 e. The monoisotopic (exact) mass is 414 g/mol. The Morgan fingerprint density at radius 2 is 1.90 bits per heavy atom. The van der Waals surface area contributed by atoms with Gasteiger partial charge in [-0.25, -0.2) is 9.97 Å². The number of anilines is 1. The first kappa shape index (κ1) is 21.1. The van der Waals surface area contributed by atoms with E-state index in [2.05, 4.69) is 16.9 Å². The molecule has 0 amide bonds. The van der Waals surface area contributed by atoms with Crippen molar-refractivity contribution < 1.29 is 4.74 Å². The van der Waals surface area contributed by atoms with Gasteiger partial charge in [-0.15, -0.1) is 12.4 Å². The Labute approximate surface area is 177 Å². The fraction of sp³-hybridized carbons (Fsp3) is 0.381. The average Bonchev–Trinajstić information content (AvgIpc) is 3.24. The Bertz CT molecular complexity index is 1020. The van der Waals surface area contributed by atoms with E-state index in [1.165, 1.54) is 0 Å². The number of benzene rings is 1. The lowest BCUT2D eigenvalue weighted by Gasteiger charge is -2.18. The second-order valence-corrected chi connectivity index (χ2v) is 7.33. The van der Waals surface area contributed by atoms with Crippen molar-refractivity contribution in [3.63, 3.8) is 0 Å². The molecule has 0 saturated carbocycles. The number of hydrogen-bond donors (Lipinski definition) is 1. The first-order valence-corrected chi connectivity index (χ1v) is 9.51. The maximum atomic E-state index is 6.12. The van der Waals surface area contributed by atoms with Gasteiger partial charge in [0.2, 0.25) is 5.95 Å². The predicted octanol–water partition coefficient (Wildman–Crippen LogP) is 3.13. The predicted molar refractivity (Wildman–Crippen MR) is 118 cm³/mol. The van der Waals surface area contributed by atoms with Gasteiger partial charge in [0.1, 0.15) is 5.75 Å². The van der Waals surface area contributed by atoms with Gasteiger partial charge in [0, 0.05) is 43.0 Å². The van der Waals surface area contributed by atoms with Crippen LogP contribution in [-0.2, 0) is 7.05 Å². The number of aryl methyl sites for hydroxylation is 2. The van der Waals surface area contributed by atoms with Crippen molar-refractivity contribution in [3.05, 3.63) is 41.7 Å². The van der Waals surface area contributed by atoms with Gasteiger partial charge in [-0.1, -0.05) is 12.1 Å². The number of aromatic nitrogens is 4. The maximum Gasteiger partial charge on any atom is 0.226 e. The molecule has 1 aliphatic heterocycles. The molecule has 0 aliphatic carbocycles. The van der Waals surface area contributed by atoms with Crippen LogP contribution in [0.15, 0.2) is 30.3 Å². The summed E-state index contributed by atoms with van der Waals surface area (Å²) in [5.41, 5.74) is 12.0. The summed E-state index contributed by atoms with van der Waals surface area (Å²) in [6, 6.07) is 10.1. The lowest BCUT2D eigenvalue weighted by atomic mass is 10.1. The van der Waals surface area contributed by atoms with Crippen molar-refractivity contribution in [1.82, 2.24) is 19.7 Å². The molecule has 1 atom stereocenters. The Hall–Kier alpha value is -2.64. The first-order valence-electron chi connectivity index (χ1n) is 9.51. The minimum Gasteiger partial charge on any atom is -0.497 e. The fourth-order valence-electron chi connectivity index (χ4n) is 3.75. The Morgan fingerprint density at radius 1 is 1.14 bits per heavy atom. The highest BCUT2D eigenvalue weighted by Gasteiger charge is 2.24. The van der Waals surface area contributed by atoms with Crippen LogP contribution in [0.25, 0.3) is 22.5 Å². The Balaban J connectivity index is 0.00000240. The molecule has 4 rings (SSSR count). The van der Waals surface area contributed by atoms with Gasteiger partial charge < -0.3 is 15.4 Å². The molecule has 8 heteroatoms. The first-order chi connectivity index (χ1) is 13.5. The second-order valence-electron chi connectivity index (χ2n) is 7.33. The maximum absolute atomic E-state index is 6.12. The zero-order chi connectivity index (χ0) is 19.8. The summed E-state index contributed by atoms with van der Waals surface area (Å²) in [7, 11) is 3.63. The second kappa shape index (κ2) is 8.39. The molecule has 2 aromatic heterocycles. The van der Waals surface area contributed by atoms with Crippen molar-refractivity contribution in [1.29, 1.82) is 0 Å². The zero-order valence-electron chi connectivity index (χ0n) is 17.2. The van der Waals surface area contributed by atoms with Crippen LogP contribution in [0.4, 0.5) is 5.95 Å². The van der Waals surface area contributed by atoms with E-state index in [1.54, 1.807) is 7.11 Å². The average molecular weight is 415 g/mol. The van der Waals surface area contributed by atoms with Crippen molar-refractivity contribution in [2.75, 3.05) is 25.1 Å². The molecule has 29 heavy (non-hydrogen) atoms. The van der Waals surface area contributed by atoms with Crippen molar-refractivity contribution >= 4 is 18.4 Å². The minimum atomic E-state index is 0. The molecule has 1 fully saturated rings. The summed E-state index contributed by atoms with van der Waals surface area (Å²) in [6.07, 6.45) is 0.951. The zero-order valence-corrected chi connectivity index (χ0v) is 18.0. The van der Waals surface area contributed by atoms with E-state index in [0.29, 0.717) is 5.95 Å². The molecule has 3 aromatic rings. The number of halogens is 1. The summed E-state index contributed by atoms with van der Waals surface area (Å²) >= 11 is 0.